The number of aromatic nitrogens is 1. The Kier molecular flexibility index (Phi) is 3.44. The highest BCUT2D eigenvalue weighted by Gasteiger charge is 2.03. The van der Waals surface area contributed by atoms with Gasteiger partial charge < -0.3 is 5.73 Å². The molecule has 12 heavy (non-hydrogen) atoms. The summed E-state index contributed by atoms with van der Waals surface area (Å²) in [7, 11) is 0. The maximum absolute atomic E-state index is 5.81. The second kappa shape index (κ2) is 4.38. The van der Waals surface area contributed by atoms with Gasteiger partial charge in [0.25, 0.3) is 0 Å². The van der Waals surface area contributed by atoms with Gasteiger partial charge >= 0.3 is 0 Å². The molecule has 3 heteroatoms. The van der Waals surface area contributed by atoms with Crippen LogP contribution in [0.25, 0.3) is 0 Å². The van der Waals surface area contributed by atoms with Crippen LogP contribution in [-0.4, -0.2) is 4.98 Å². The maximum atomic E-state index is 5.81. The van der Waals surface area contributed by atoms with E-state index in [0.29, 0.717) is 0 Å². The second-order valence-corrected chi connectivity index (χ2v) is 3.45. The molecule has 0 radical (unpaired) electrons. The summed E-state index contributed by atoms with van der Waals surface area (Å²) in [6, 6.07) is 3.82. The maximum Gasteiger partial charge on any atom is 0.0575 e. The molecule has 2 nitrogen and oxygen atoms in total. The number of hydrogen-bond acceptors (Lipinski definition) is 2. The van der Waals surface area contributed by atoms with Crippen LogP contribution < -0.4 is 5.73 Å². The molecule has 0 saturated heterocycles. The average molecular weight is 227 g/mol. The van der Waals surface area contributed by atoms with Crippen molar-refractivity contribution in [2.75, 3.05) is 0 Å². The zero-order chi connectivity index (χ0) is 8.97. The zero-order valence-corrected chi connectivity index (χ0v) is 8.29. The molecule has 0 aliphatic heterocycles. The first-order valence-corrected chi connectivity index (χ1v) is 4.51. The fraction of sp³-hybridized carbons (Fsp3) is 0.222. The van der Waals surface area contributed by atoms with E-state index >= 15 is 0 Å². The highest BCUT2D eigenvalue weighted by molar-refractivity contribution is 9.10. The SMILES string of the molecule is C=CC[C@@H](N)c1ccc(Br)cn1. The topological polar surface area (TPSA) is 38.9 Å². The van der Waals surface area contributed by atoms with E-state index in [0.717, 1.165) is 16.6 Å². The van der Waals surface area contributed by atoms with Crippen molar-refractivity contribution in [3.8, 4) is 0 Å². The summed E-state index contributed by atoms with van der Waals surface area (Å²) in [4.78, 5) is 4.18. The molecular formula is C9H11BrN2. The molecule has 0 aliphatic carbocycles. The Hall–Kier alpha value is -0.670. The molecular weight excluding hydrogens is 216 g/mol. The van der Waals surface area contributed by atoms with Gasteiger partial charge in [0.05, 0.1) is 11.7 Å². The first-order valence-electron chi connectivity index (χ1n) is 3.72. The van der Waals surface area contributed by atoms with Crippen molar-refractivity contribution in [3.63, 3.8) is 0 Å². The predicted molar refractivity (Wildman–Crippen MR) is 53.7 cm³/mol. The van der Waals surface area contributed by atoms with Crippen LogP contribution in [0.1, 0.15) is 18.2 Å². The van der Waals surface area contributed by atoms with Crippen molar-refractivity contribution >= 4 is 15.9 Å². The summed E-state index contributed by atoms with van der Waals surface area (Å²) >= 11 is 3.31. The second-order valence-electron chi connectivity index (χ2n) is 2.53. The number of pyridine rings is 1. The van der Waals surface area contributed by atoms with Gasteiger partial charge in [0.2, 0.25) is 0 Å². The van der Waals surface area contributed by atoms with Gasteiger partial charge in [-0.3, -0.25) is 4.98 Å². The van der Waals surface area contributed by atoms with E-state index in [4.69, 9.17) is 5.73 Å². The lowest BCUT2D eigenvalue weighted by Crippen LogP contribution is -2.10. The fourth-order valence-corrected chi connectivity index (χ4v) is 1.14. The predicted octanol–water partition coefficient (Wildman–Crippen LogP) is 2.42. The normalized spacial score (nSPS) is 12.5. The molecule has 1 heterocycles. The van der Waals surface area contributed by atoms with Gasteiger partial charge in [-0.15, -0.1) is 6.58 Å². The third-order valence-electron chi connectivity index (χ3n) is 1.55. The highest BCUT2D eigenvalue weighted by Crippen LogP contribution is 2.14. The molecule has 1 aromatic rings. The summed E-state index contributed by atoms with van der Waals surface area (Å²) in [5.41, 5.74) is 6.71. The van der Waals surface area contributed by atoms with Crippen molar-refractivity contribution in [3.05, 3.63) is 41.2 Å². The molecule has 0 unspecified atom stereocenters. The summed E-state index contributed by atoms with van der Waals surface area (Å²) in [5, 5.41) is 0. The van der Waals surface area contributed by atoms with Crippen LogP contribution >= 0.6 is 15.9 Å². The average Bonchev–Trinajstić information content (AvgIpc) is 2.06. The number of halogens is 1. The first kappa shape index (κ1) is 9.42. The molecule has 0 spiro atoms. The Balaban J connectivity index is 2.74. The number of hydrogen-bond donors (Lipinski definition) is 1. The van der Waals surface area contributed by atoms with Crippen molar-refractivity contribution in [2.45, 2.75) is 12.5 Å². The Morgan fingerprint density at radius 1 is 1.67 bits per heavy atom. The summed E-state index contributed by atoms with van der Waals surface area (Å²) in [5.74, 6) is 0. The van der Waals surface area contributed by atoms with Crippen LogP contribution in [0.4, 0.5) is 0 Å². The quantitative estimate of drug-likeness (QED) is 0.805. The van der Waals surface area contributed by atoms with Crippen LogP contribution in [0.5, 0.6) is 0 Å². The van der Waals surface area contributed by atoms with Crippen molar-refractivity contribution < 1.29 is 0 Å². The van der Waals surface area contributed by atoms with E-state index in [1.54, 1.807) is 12.3 Å². The Bertz CT molecular complexity index is 256. The Morgan fingerprint density at radius 3 is 2.92 bits per heavy atom. The number of nitrogens with zero attached hydrogens (tertiary/aromatic N) is 1. The molecule has 2 N–H and O–H groups in total. The van der Waals surface area contributed by atoms with Gasteiger partial charge in [0, 0.05) is 10.7 Å². The van der Waals surface area contributed by atoms with Crippen LogP contribution in [0.15, 0.2) is 35.5 Å². The number of rotatable bonds is 3. The van der Waals surface area contributed by atoms with Gasteiger partial charge in [-0.25, -0.2) is 0 Å². The molecule has 64 valence electrons. The molecule has 1 atom stereocenters. The Labute approximate surface area is 80.6 Å². The molecule has 0 fully saturated rings. The van der Waals surface area contributed by atoms with Crippen LogP contribution in [0.3, 0.4) is 0 Å². The lowest BCUT2D eigenvalue weighted by atomic mass is 10.1. The highest BCUT2D eigenvalue weighted by atomic mass is 79.9. The minimum Gasteiger partial charge on any atom is -0.322 e. The molecule has 1 aromatic heterocycles. The van der Waals surface area contributed by atoms with Crippen LogP contribution in [-0.2, 0) is 0 Å². The van der Waals surface area contributed by atoms with Crippen LogP contribution in [0, 0.1) is 0 Å². The number of nitrogens with two attached hydrogens (primary N) is 1. The van der Waals surface area contributed by atoms with Gasteiger partial charge in [-0.2, -0.15) is 0 Å². The summed E-state index contributed by atoms with van der Waals surface area (Å²) in [6.45, 7) is 3.63. The van der Waals surface area contributed by atoms with E-state index in [1.165, 1.54) is 0 Å². The zero-order valence-electron chi connectivity index (χ0n) is 6.70. The third-order valence-corrected chi connectivity index (χ3v) is 2.02. The van der Waals surface area contributed by atoms with Gasteiger partial charge in [-0.05, 0) is 34.5 Å². The summed E-state index contributed by atoms with van der Waals surface area (Å²) in [6.07, 6.45) is 4.31. The van der Waals surface area contributed by atoms with E-state index in [1.807, 2.05) is 12.1 Å². The molecule has 1 rings (SSSR count). The Morgan fingerprint density at radius 2 is 2.42 bits per heavy atom. The van der Waals surface area contributed by atoms with E-state index in [-0.39, 0.29) is 6.04 Å². The first-order chi connectivity index (χ1) is 5.74. The monoisotopic (exact) mass is 226 g/mol. The minimum absolute atomic E-state index is 0.0319. The lowest BCUT2D eigenvalue weighted by Gasteiger charge is -2.07. The van der Waals surface area contributed by atoms with Gasteiger partial charge in [0.15, 0.2) is 0 Å². The van der Waals surface area contributed by atoms with E-state index in [9.17, 15) is 0 Å². The summed E-state index contributed by atoms with van der Waals surface area (Å²) < 4.78 is 0.969. The molecule has 0 aliphatic rings. The van der Waals surface area contributed by atoms with E-state index in [2.05, 4.69) is 27.5 Å². The van der Waals surface area contributed by atoms with Crippen molar-refractivity contribution in [1.29, 1.82) is 0 Å². The van der Waals surface area contributed by atoms with Crippen molar-refractivity contribution in [2.24, 2.45) is 5.73 Å². The van der Waals surface area contributed by atoms with Crippen LogP contribution in [0.2, 0.25) is 0 Å². The standard InChI is InChI=1S/C9H11BrN2/c1-2-3-8(11)9-5-4-7(10)6-12-9/h2,4-6,8H,1,3,11H2/t8-/m1/s1. The smallest absolute Gasteiger partial charge is 0.0575 e. The lowest BCUT2D eigenvalue weighted by molar-refractivity contribution is 0.713. The fourth-order valence-electron chi connectivity index (χ4n) is 0.907. The van der Waals surface area contributed by atoms with Gasteiger partial charge in [-0.1, -0.05) is 6.08 Å². The van der Waals surface area contributed by atoms with Crippen molar-refractivity contribution in [1.82, 2.24) is 4.98 Å². The third kappa shape index (κ3) is 2.43. The minimum atomic E-state index is -0.0319. The molecule has 0 aromatic carbocycles. The van der Waals surface area contributed by atoms with Gasteiger partial charge in [0.1, 0.15) is 0 Å². The molecule has 0 amide bonds. The van der Waals surface area contributed by atoms with E-state index < -0.39 is 0 Å². The largest absolute Gasteiger partial charge is 0.322 e. The molecule has 0 saturated carbocycles. The molecule has 0 bridgehead atoms.